The quantitative estimate of drug-likeness (QED) is 0.899. The molecule has 1 aliphatic heterocycles. The standard InChI is InChI=1S/C17H26N2/c18-13-16-7-2-1-5-14(16)9-11-19-12-10-15-6-3-4-8-17(15)19/h1-2,5,7,15,17H,3-4,6,8-13,18H2. The summed E-state index contributed by atoms with van der Waals surface area (Å²) in [6.45, 7) is 3.21. The van der Waals surface area contributed by atoms with Crippen molar-refractivity contribution in [2.24, 2.45) is 11.7 Å². The largest absolute Gasteiger partial charge is 0.326 e. The number of nitrogens with two attached hydrogens (primary N) is 1. The fraction of sp³-hybridized carbons (Fsp3) is 0.647. The Kier molecular flexibility index (Phi) is 4.19. The predicted octanol–water partition coefficient (Wildman–Crippen LogP) is 2.95. The average molecular weight is 258 g/mol. The summed E-state index contributed by atoms with van der Waals surface area (Å²) in [5.41, 5.74) is 8.60. The molecule has 2 unspecified atom stereocenters. The number of nitrogens with zero attached hydrogens (tertiary/aromatic N) is 1. The van der Waals surface area contributed by atoms with Crippen molar-refractivity contribution in [2.75, 3.05) is 13.1 Å². The molecule has 0 bridgehead atoms. The van der Waals surface area contributed by atoms with E-state index < -0.39 is 0 Å². The lowest BCUT2D eigenvalue weighted by Gasteiger charge is -2.31. The van der Waals surface area contributed by atoms with Crippen molar-refractivity contribution in [3.05, 3.63) is 35.4 Å². The van der Waals surface area contributed by atoms with Gasteiger partial charge in [-0.1, -0.05) is 37.1 Å². The van der Waals surface area contributed by atoms with Crippen molar-refractivity contribution in [3.8, 4) is 0 Å². The second-order valence-corrected chi connectivity index (χ2v) is 6.16. The first-order valence-corrected chi connectivity index (χ1v) is 7.89. The first kappa shape index (κ1) is 13.1. The summed E-state index contributed by atoms with van der Waals surface area (Å²) in [4.78, 5) is 2.75. The maximum atomic E-state index is 5.83. The van der Waals surface area contributed by atoms with Gasteiger partial charge in [-0.3, -0.25) is 4.90 Å². The molecule has 0 amide bonds. The van der Waals surface area contributed by atoms with Crippen molar-refractivity contribution >= 4 is 0 Å². The summed E-state index contributed by atoms with van der Waals surface area (Å²) in [5.74, 6) is 0.999. The number of likely N-dealkylation sites (tertiary alicyclic amines) is 1. The summed E-state index contributed by atoms with van der Waals surface area (Å²) in [6, 6.07) is 9.54. The van der Waals surface area contributed by atoms with Gasteiger partial charge in [0.25, 0.3) is 0 Å². The fourth-order valence-corrected chi connectivity index (χ4v) is 4.05. The van der Waals surface area contributed by atoms with Crippen LogP contribution in [0.2, 0.25) is 0 Å². The van der Waals surface area contributed by atoms with E-state index in [0.717, 1.165) is 18.4 Å². The zero-order chi connectivity index (χ0) is 13.1. The Hall–Kier alpha value is -0.860. The van der Waals surface area contributed by atoms with Gasteiger partial charge in [-0.2, -0.15) is 0 Å². The lowest BCUT2D eigenvalue weighted by atomic mass is 9.85. The molecule has 2 nitrogen and oxygen atoms in total. The Bertz CT molecular complexity index is 415. The van der Waals surface area contributed by atoms with Gasteiger partial charge in [0.05, 0.1) is 0 Å². The third-order valence-electron chi connectivity index (χ3n) is 5.13. The van der Waals surface area contributed by atoms with E-state index >= 15 is 0 Å². The Morgan fingerprint density at radius 3 is 2.68 bits per heavy atom. The molecule has 3 rings (SSSR count). The van der Waals surface area contributed by atoms with Crippen LogP contribution >= 0.6 is 0 Å². The Balaban J connectivity index is 1.60. The average Bonchev–Trinajstić information content (AvgIpc) is 2.89. The van der Waals surface area contributed by atoms with Crippen LogP contribution in [0.3, 0.4) is 0 Å². The van der Waals surface area contributed by atoms with Crippen LogP contribution in [0.5, 0.6) is 0 Å². The highest BCUT2D eigenvalue weighted by molar-refractivity contribution is 5.27. The molecule has 104 valence electrons. The van der Waals surface area contributed by atoms with E-state index in [4.69, 9.17) is 5.73 Å². The minimum Gasteiger partial charge on any atom is -0.326 e. The molecule has 0 aromatic heterocycles. The first-order valence-electron chi connectivity index (χ1n) is 7.89. The van der Waals surface area contributed by atoms with Crippen LogP contribution in [0, 0.1) is 5.92 Å². The van der Waals surface area contributed by atoms with Gasteiger partial charge in [-0.15, -0.1) is 0 Å². The zero-order valence-corrected chi connectivity index (χ0v) is 11.9. The maximum Gasteiger partial charge on any atom is 0.0180 e. The van der Waals surface area contributed by atoms with Crippen molar-refractivity contribution < 1.29 is 0 Å². The van der Waals surface area contributed by atoms with Gasteiger partial charge in [-0.25, -0.2) is 0 Å². The van der Waals surface area contributed by atoms with Gasteiger partial charge in [0, 0.05) is 19.1 Å². The molecule has 2 atom stereocenters. The van der Waals surface area contributed by atoms with E-state index in [0.29, 0.717) is 6.54 Å². The van der Waals surface area contributed by atoms with E-state index in [1.165, 1.54) is 56.3 Å². The van der Waals surface area contributed by atoms with E-state index in [2.05, 4.69) is 29.2 Å². The van der Waals surface area contributed by atoms with Gasteiger partial charge in [0.2, 0.25) is 0 Å². The maximum absolute atomic E-state index is 5.83. The van der Waals surface area contributed by atoms with Crippen LogP contribution in [-0.2, 0) is 13.0 Å². The van der Waals surface area contributed by atoms with E-state index in [1.807, 2.05) is 0 Å². The highest BCUT2D eigenvalue weighted by Gasteiger charge is 2.34. The molecule has 1 heterocycles. The molecule has 0 radical (unpaired) electrons. The molecule has 1 aromatic carbocycles. The normalized spacial score (nSPS) is 27.4. The van der Waals surface area contributed by atoms with E-state index in [1.54, 1.807) is 0 Å². The molecular formula is C17H26N2. The number of rotatable bonds is 4. The minimum absolute atomic E-state index is 0.669. The molecule has 2 heteroatoms. The lowest BCUT2D eigenvalue weighted by molar-refractivity contribution is 0.184. The van der Waals surface area contributed by atoms with Crippen LogP contribution < -0.4 is 5.73 Å². The molecule has 2 N–H and O–H groups in total. The fourth-order valence-electron chi connectivity index (χ4n) is 4.05. The second-order valence-electron chi connectivity index (χ2n) is 6.16. The van der Waals surface area contributed by atoms with Crippen LogP contribution in [0.1, 0.15) is 43.2 Å². The molecule has 2 aliphatic rings. The summed E-state index contributed by atoms with van der Waals surface area (Å²) in [6.07, 6.45) is 8.41. The topological polar surface area (TPSA) is 29.3 Å². The lowest BCUT2D eigenvalue weighted by Crippen LogP contribution is -2.36. The SMILES string of the molecule is NCc1ccccc1CCN1CCC2CCCCC21. The van der Waals surface area contributed by atoms with E-state index in [9.17, 15) is 0 Å². The molecule has 1 saturated heterocycles. The van der Waals surface area contributed by atoms with Crippen molar-refractivity contribution in [3.63, 3.8) is 0 Å². The number of hydrogen-bond donors (Lipinski definition) is 1. The van der Waals surface area contributed by atoms with Crippen molar-refractivity contribution in [1.29, 1.82) is 0 Å². The Morgan fingerprint density at radius 2 is 1.84 bits per heavy atom. The number of hydrogen-bond acceptors (Lipinski definition) is 2. The van der Waals surface area contributed by atoms with Crippen LogP contribution in [0.25, 0.3) is 0 Å². The molecule has 1 saturated carbocycles. The predicted molar refractivity (Wildman–Crippen MR) is 80.0 cm³/mol. The molecule has 1 aromatic rings. The van der Waals surface area contributed by atoms with Gasteiger partial charge >= 0.3 is 0 Å². The third kappa shape index (κ3) is 2.85. The van der Waals surface area contributed by atoms with Gasteiger partial charge < -0.3 is 5.73 Å². The first-order chi connectivity index (χ1) is 9.38. The summed E-state index contributed by atoms with van der Waals surface area (Å²) < 4.78 is 0. The monoisotopic (exact) mass is 258 g/mol. The highest BCUT2D eigenvalue weighted by atomic mass is 15.2. The van der Waals surface area contributed by atoms with Gasteiger partial charge in [-0.05, 0) is 49.3 Å². The Morgan fingerprint density at radius 1 is 1.05 bits per heavy atom. The smallest absolute Gasteiger partial charge is 0.0180 e. The summed E-state index contributed by atoms with van der Waals surface area (Å²) in [7, 11) is 0. The minimum atomic E-state index is 0.669. The summed E-state index contributed by atoms with van der Waals surface area (Å²) >= 11 is 0. The van der Waals surface area contributed by atoms with Crippen LogP contribution in [0.4, 0.5) is 0 Å². The molecule has 0 spiro atoms. The number of fused-ring (bicyclic) bond motifs is 1. The zero-order valence-electron chi connectivity index (χ0n) is 11.9. The van der Waals surface area contributed by atoms with Crippen molar-refractivity contribution in [1.82, 2.24) is 4.90 Å². The van der Waals surface area contributed by atoms with Gasteiger partial charge in [0.1, 0.15) is 0 Å². The molecular weight excluding hydrogens is 232 g/mol. The second kappa shape index (κ2) is 6.06. The molecule has 1 aliphatic carbocycles. The molecule has 19 heavy (non-hydrogen) atoms. The molecule has 2 fully saturated rings. The van der Waals surface area contributed by atoms with Crippen molar-refractivity contribution in [2.45, 2.75) is 51.1 Å². The van der Waals surface area contributed by atoms with Crippen LogP contribution in [0.15, 0.2) is 24.3 Å². The Labute approximate surface area is 117 Å². The van der Waals surface area contributed by atoms with E-state index in [-0.39, 0.29) is 0 Å². The third-order valence-corrected chi connectivity index (χ3v) is 5.13. The highest BCUT2D eigenvalue weighted by Crippen LogP contribution is 2.36. The van der Waals surface area contributed by atoms with Crippen LogP contribution in [-0.4, -0.2) is 24.0 Å². The van der Waals surface area contributed by atoms with Gasteiger partial charge in [0.15, 0.2) is 0 Å². The summed E-state index contributed by atoms with van der Waals surface area (Å²) in [5, 5.41) is 0. The number of benzene rings is 1.